The number of carbonyl (C=O) groups is 1. The van der Waals surface area contributed by atoms with Gasteiger partial charge in [0.25, 0.3) is 0 Å². The van der Waals surface area contributed by atoms with Gasteiger partial charge in [0.05, 0.1) is 24.3 Å². The average molecular weight is 228 g/mol. The first-order valence-corrected chi connectivity index (χ1v) is 5.90. The van der Waals surface area contributed by atoms with Crippen LogP contribution in [0, 0.1) is 0 Å². The standard InChI is InChI=1S/C11H20N2O3/c1-11(3-2-4-16-7-11)13-10(15)9-5-8(14)6-12-9/h8-9,12,14H,2-7H2,1H3,(H,13,15). The van der Waals surface area contributed by atoms with Gasteiger partial charge in [0, 0.05) is 13.2 Å². The number of rotatable bonds is 2. The molecule has 0 spiro atoms. The summed E-state index contributed by atoms with van der Waals surface area (Å²) in [6, 6.07) is -0.256. The van der Waals surface area contributed by atoms with Crippen LogP contribution in [0.1, 0.15) is 26.2 Å². The Balaban J connectivity index is 1.86. The average Bonchev–Trinajstić information content (AvgIpc) is 2.65. The highest BCUT2D eigenvalue weighted by Crippen LogP contribution is 2.19. The van der Waals surface area contributed by atoms with Crippen molar-refractivity contribution in [1.82, 2.24) is 10.6 Å². The minimum Gasteiger partial charge on any atom is -0.392 e. The van der Waals surface area contributed by atoms with E-state index in [9.17, 15) is 9.90 Å². The summed E-state index contributed by atoms with van der Waals surface area (Å²) in [4.78, 5) is 11.9. The van der Waals surface area contributed by atoms with E-state index in [1.807, 2.05) is 6.92 Å². The van der Waals surface area contributed by atoms with Crippen LogP contribution in [0.2, 0.25) is 0 Å². The molecule has 2 heterocycles. The lowest BCUT2D eigenvalue weighted by Gasteiger charge is -2.35. The van der Waals surface area contributed by atoms with Gasteiger partial charge >= 0.3 is 0 Å². The van der Waals surface area contributed by atoms with Crippen molar-refractivity contribution in [3.05, 3.63) is 0 Å². The molecule has 3 unspecified atom stereocenters. The van der Waals surface area contributed by atoms with E-state index in [0.717, 1.165) is 19.4 Å². The molecule has 2 rings (SSSR count). The van der Waals surface area contributed by atoms with Gasteiger partial charge in [0.1, 0.15) is 0 Å². The van der Waals surface area contributed by atoms with Crippen molar-refractivity contribution in [2.75, 3.05) is 19.8 Å². The van der Waals surface area contributed by atoms with E-state index in [4.69, 9.17) is 4.74 Å². The summed E-state index contributed by atoms with van der Waals surface area (Å²) < 4.78 is 5.39. The zero-order valence-electron chi connectivity index (χ0n) is 9.66. The predicted octanol–water partition coefficient (Wildman–Crippen LogP) is -0.605. The van der Waals surface area contributed by atoms with Crippen molar-refractivity contribution in [3.8, 4) is 0 Å². The Morgan fingerprint density at radius 3 is 3.00 bits per heavy atom. The van der Waals surface area contributed by atoms with Gasteiger partial charge in [-0.15, -0.1) is 0 Å². The molecule has 0 aliphatic carbocycles. The molecule has 1 amide bonds. The lowest BCUT2D eigenvalue weighted by Crippen LogP contribution is -2.55. The maximum atomic E-state index is 11.9. The number of nitrogens with one attached hydrogen (secondary N) is 2. The molecular weight excluding hydrogens is 208 g/mol. The number of amides is 1. The number of ether oxygens (including phenoxy) is 1. The summed E-state index contributed by atoms with van der Waals surface area (Å²) in [7, 11) is 0. The van der Waals surface area contributed by atoms with Crippen LogP contribution in [0.3, 0.4) is 0 Å². The zero-order chi connectivity index (χ0) is 11.6. The van der Waals surface area contributed by atoms with Crippen LogP contribution < -0.4 is 10.6 Å². The van der Waals surface area contributed by atoms with Crippen LogP contribution >= 0.6 is 0 Å². The molecule has 2 aliphatic rings. The number of aliphatic hydroxyl groups is 1. The molecule has 92 valence electrons. The fraction of sp³-hybridized carbons (Fsp3) is 0.909. The number of aliphatic hydroxyl groups excluding tert-OH is 1. The molecule has 0 saturated carbocycles. The first-order chi connectivity index (χ1) is 7.59. The first-order valence-electron chi connectivity index (χ1n) is 5.90. The SMILES string of the molecule is CC1(NC(=O)C2CC(O)CN2)CCCOC1. The van der Waals surface area contributed by atoms with E-state index >= 15 is 0 Å². The number of hydrogen-bond acceptors (Lipinski definition) is 4. The van der Waals surface area contributed by atoms with Crippen LogP contribution in [0.25, 0.3) is 0 Å². The van der Waals surface area contributed by atoms with Crippen molar-refractivity contribution in [2.45, 2.75) is 43.9 Å². The van der Waals surface area contributed by atoms with Crippen molar-refractivity contribution >= 4 is 5.91 Å². The first kappa shape index (κ1) is 11.8. The highest BCUT2D eigenvalue weighted by Gasteiger charge is 2.34. The zero-order valence-corrected chi connectivity index (χ0v) is 9.66. The Labute approximate surface area is 95.5 Å². The molecule has 5 heteroatoms. The van der Waals surface area contributed by atoms with Crippen molar-refractivity contribution in [2.24, 2.45) is 0 Å². The molecule has 0 radical (unpaired) electrons. The van der Waals surface area contributed by atoms with Gasteiger partial charge < -0.3 is 20.5 Å². The third-order valence-corrected chi connectivity index (χ3v) is 3.29. The number of hydrogen-bond donors (Lipinski definition) is 3. The van der Waals surface area contributed by atoms with Crippen molar-refractivity contribution < 1.29 is 14.6 Å². The highest BCUT2D eigenvalue weighted by atomic mass is 16.5. The molecule has 0 bridgehead atoms. The van der Waals surface area contributed by atoms with Crippen LogP contribution in [0.4, 0.5) is 0 Å². The highest BCUT2D eigenvalue weighted by molar-refractivity contribution is 5.82. The van der Waals surface area contributed by atoms with Crippen LogP contribution in [0.5, 0.6) is 0 Å². The Bertz CT molecular complexity index is 264. The summed E-state index contributed by atoms with van der Waals surface area (Å²) in [5.41, 5.74) is -0.245. The summed E-state index contributed by atoms with van der Waals surface area (Å²) >= 11 is 0. The van der Waals surface area contributed by atoms with Crippen molar-refractivity contribution in [1.29, 1.82) is 0 Å². The van der Waals surface area contributed by atoms with Crippen LogP contribution in [0.15, 0.2) is 0 Å². The second kappa shape index (κ2) is 4.69. The molecule has 16 heavy (non-hydrogen) atoms. The molecule has 0 aromatic carbocycles. The maximum absolute atomic E-state index is 11.9. The third kappa shape index (κ3) is 2.72. The molecule has 2 aliphatic heterocycles. The smallest absolute Gasteiger partial charge is 0.237 e. The van der Waals surface area contributed by atoms with E-state index in [0.29, 0.717) is 19.6 Å². The Morgan fingerprint density at radius 2 is 2.44 bits per heavy atom. The molecular formula is C11H20N2O3. The second-order valence-electron chi connectivity index (χ2n) is 5.06. The molecule has 3 N–H and O–H groups in total. The van der Waals surface area contributed by atoms with Gasteiger partial charge in [-0.1, -0.05) is 0 Å². The van der Waals surface area contributed by atoms with Gasteiger partial charge in [0.15, 0.2) is 0 Å². The molecule has 0 aromatic heterocycles. The molecule has 2 fully saturated rings. The third-order valence-electron chi connectivity index (χ3n) is 3.29. The Morgan fingerprint density at radius 1 is 1.62 bits per heavy atom. The van der Waals surface area contributed by atoms with Crippen LogP contribution in [-0.4, -0.2) is 48.5 Å². The van der Waals surface area contributed by atoms with Gasteiger partial charge in [-0.3, -0.25) is 4.79 Å². The summed E-state index contributed by atoms with van der Waals surface area (Å²) in [5, 5.41) is 15.4. The van der Waals surface area contributed by atoms with Gasteiger partial charge in [0.2, 0.25) is 5.91 Å². The number of carbonyl (C=O) groups excluding carboxylic acids is 1. The van der Waals surface area contributed by atoms with E-state index in [-0.39, 0.29) is 17.5 Å². The molecule has 5 nitrogen and oxygen atoms in total. The van der Waals surface area contributed by atoms with Gasteiger partial charge in [-0.25, -0.2) is 0 Å². The van der Waals surface area contributed by atoms with E-state index in [1.54, 1.807) is 0 Å². The molecule has 3 atom stereocenters. The van der Waals surface area contributed by atoms with Gasteiger partial charge in [-0.2, -0.15) is 0 Å². The Hall–Kier alpha value is -0.650. The normalized spacial score (nSPS) is 39.6. The van der Waals surface area contributed by atoms with Crippen molar-refractivity contribution in [3.63, 3.8) is 0 Å². The largest absolute Gasteiger partial charge is 0.392 e. The second-order valence-corrected chi connectivity index (χ2v) is 5.06. The predicted molar refractivity (Wildman–Crippen MR) is 59.0 cm³/mol. The Kier molecular flexibility index (Phi) is 3.47. The fourth-order valence-electron chi connectivity index (χ4n) is 2.33. The summed E-state index contributed by atoms with van der Waals surface area (Å²) in [6.07, 6.45) is 2.04. The number of β-amino-alcohol motifs (C(OH)–C–C–N with tert-alkyl or cyclic N) is 1. The van der Waals surface area contributed by atoms with E-state index in [1.165, 1.54) is 0 Å². The molecule has 2 saturated heterocycles. The van der Waals surface area contributed by atoms with Gasteiger partial charge in [-0.05, 0) is 26.2 Å². The molecule has 0 aromatic rings. The minimum absolute atomic E-state index is 0.0236. The fourth-order valence-corrected chi connectivity index (χ4v) is 2.33. The lowest BCUT2D eigenvalue weighted by molar-refractivity contribution is -0.126. The van der Waals surface area contributed by atoms with E-state index in [2.05, 4.69) is 10.6 Å². The van der Waals surface area contributed by atoms with Crippen LogP contribution in [-0.2, 0) is 9.53 Å². The monoisotopic (exact) mass is 228 g/mol. The lowest BCUT2D eigenvalue weighted by atomic mass is 9.94. The maximum Gasteiger partial charge on any atom is 0.237 e. The van der Waals surface area contributed by atoms with E-state index < -0.39 is 6.10 Å². The summed E-state index contributed by atoms with van der Waals surface area (Å²) in [6.45, 7) is 3.88. The minimum atomic E-state index is -0.397. The quantitative estimate of drug-likeness (QED) is 0.590. The topological polar surface area (TPSA) is 70.6 Å². The summed E-state index contributed by atoms with van der Waals surface area (Å²) in [5.74, 6) is -0.0236.